The van der Waals surface area contributed by atoms with Gasteiger partial charge in [-0.2, -0.15) is 0 Å². The molecule has 3 rings (SSSR count). The van der Waals surface area contributed by atoms with Crippen molar-refractivity contribution in [2.24, 2.45) is 23.7 Å². The zero-order valence-corrected chi connectivity index (χ0v) is 9.29. The molecule has 0 N–H and O–H groups in total. The smallest absolute Gasteiger partial charge is 0.000631 e. The molecular weight excluding hydrogens is 158 g/mol. The summed E-state index contributed by atoms with van der Waals surface area (Å²) in [6.07, 6.45) is 6.04. The van der Waals surface area contributed by atoms with Crippen molar-refractivity contribution in [1.29, 1.82) is 0 Å². The Morgan fingerprint density at radius 2 is 1.62 bits per heavy atom. The second-order valence-corrected chi connectivity index (χ2v) is 5.42. The summed E-state index contributed by atoms with van der Waals surface area (Å²) in [5, 5.41) is 0. The predicted molar refractivity (Wildman–Crippen MR) is 56.7 cm³/mol. The fraction of sp³-hybridized carbons (Fsp3) is 1.00. The number of rotatable bonds is 3. The van der Waals surface area contributed by atoms with Gasteiger partial charge in [0.1, 0.15) is 0 Å². The highest BCUT2D eigenvalue weighted by Gasteiger charge is 2.44. The molecule has 76 valence electrons. The van der Waals surface area contributed by atoms with E-state index in [0.717, 1.165) is 23.7 Å². The third kappa shape index (κ3) is 1.76. The van der Waals surface area contributed by atoms with Crippen molar-refractivity contribution < 1.29 is 0 Å². The van der Waals surface area contributed by atoms with Crippen LogP contribution in [0.25, 0.3) is 0 Å². The topological polar surface area (TPSA) is 3.24 Å². The van der Waals surface area contributed by atoms with E-state index >= 15 is 0 Å². The van der Waals surface area contributed by atoms with Crippen LogP contribution < -0.4 is 0 Å². The Balaban J connectivity index is 1.90. The maximum atomic E-state index is 2.37. The molecule has 13 heavy (non-hydrogen) atoms. The molecule has 0 heterocycles. The average molecular weight is 181 g/mol. The minimum Gasteiger partial charge on any atom is -0.309 e. The number of fused-ring (bicyclic) bond motifs is 2. The molecule has 3 aliphatic rings. The third-order valence-corrected chi connectivity index (χ3v) is 4.27. The first-order chi connectivity index (χ1) is 6.20. The number of nitrogens with zero attached hydrogens (tertiary/aromatic N) is 1. The first-order valence-corrected chi connectivity index (χ1v) is 5.85. The van der Waals surface area contributed by atoms with Crippen LogP contribution in [-0.2, 0) is 0 Å². The summed E-state index contributed by atoms with van der Waals surface area (Å²) in [6.45, 7) is 3.70. The molecule has 1 heteroatoms. The van der Waals surface area contributed by atoms with Crippen LogP contribution in [0.15, 0.2) is 0 Å². The Hall–Kier alpha value is -0.0400. The second-order valence-electron chi connectivity index (χ2n) is 5.42. The lowest BCUT2D eigenvalue weighted by Crippen LogP contribution is -2.45. The standard InChI is InChI=1S/C12H23N/c1-4-9-5-12(8-13(2)3)11-6-10(9)7-11/h9-12H,4-8H2,1-3H3. The first kappa shape index (κ1) is 9.51. The third-order valence-electron chi connectivity index (χ3n) is 4.27. The summed E-state index contributed by atoms with van der Waals surface area (Å²) in [6, 6.07) is 0. The monoisotopic (exact) mass is 181 g/mol. The van der Waals surface area contributed by atoms with Gasteiger partial charge in [-0.1, -0.05) is 13.3 Å². The second kappa shape index (κ2) is 3.61. The molecule has 0 aromatic carbocycles. The van der Waals surface area contributed by atoms with Gasteiger partial charge in [0.05, 0.1) is 0 Å². The Morgan fingerprint density at radius 1 is 1.00 bits per heavy atom. The van der Waals surface area contributed by atoms with Gasteiger partial charge in [0, 0.05) is 6.54 Å². The summed E-state index contributed by atoms with van der Waals surface area (Å²) >= 11 is 0. The molecule has 0 aromatic rings. The summed E-state index contributed by atoms with van der Waals surface area (Å²) in [7, 11) is 4.43. The minimum atomic E-state index is 1.02. The lowest BCUT2D eigenvalue weighted by Gasteiger charge is -2.52. The van der Waals surface area contributed by atoms with Crippen LogP contribution in [0.1, 0.15) is 32.6 Å². The van der Waals surface area contributed by atoms with Crippen LogP contribution in [0.5, 0.6) is 0 Å². The summed E-state index contributed by atoms with van der Waals surface area (Å²) < 4.78 is 0. The van der Waals surface area contributed by atoms with Crippen LogP contribution in [0.3, 0.4) is 0 Å². The highest BCUT2D eigenvalue weighted by molar-refractivity contribution is 4.95. The van der Waals surface area contributed by atoms with E-state index in [-0.39, 0.29) is 0 Å². The van der Waals surface area contributed by atoms with Crippen molar-refractivity contribution in [3.8, 4) is 0 Å². The van der Waals surface area contributed by atoms with Gasteiger partial charge in [0.2, 0.25) is 0 Å². The van der Waals surface area contributed by atoms with Gasteiger partial charge < -0.3 is 4.90 Å². The van der Waals surface area contributed by atoms with Gasteiger partial charge in [-0.15, -0.1) is 0 Å². The lowest BCUT2D eigenvalue weighted by molar-refractivity contribution is -0.0165. The van der Waals surface area contributed by atoms with E-state index in [4.69, 9.17) is 0 Å². The van der Waals surface area contributed by atoms with Gasteiger partial charge in [0.15, 0.2) is 0 Å². The molecule has 0 saturated heterocycles. The number of hydrogen-bond acceptors (Lipinski definition) is 1. The highest BCUT2D eigenvalue weighted by Crippen LogP contribution is 2.53. The zero-order valence-electron chi connectivity index (χ0n) is 9.29. The van der Waals surface area contributed by atoms with Crippen molar-refractivity contribution in [2.45, 2.75) is 32.6 Å². The van der Waals surface area contributed by atoms with Gasteiger partial charge in [-0.05, 0) is 57.0 Å². The Kier molecular flexibility index (Phi) is 2.64. The summed E-state index contributed by atoms with van der Waals surface area (Å²) in [4.78, 5) is 2.37. The first-order valence-electron chi connectivity index (χ1n) is 5.85. The molecule has 2 bridgehead atoms. The molecule has 0 aromatic heterocycles. The Bertz CT molecular complexity index is 170. The van der Waals surface area contributed by atoms with Crippen LogP contribution in [-0.4, -0.2) is 25.5 Å². The van der Waals surface area contributed by atoms with E-state index in [0.29, 0.717) is 0 Å². The molecule has 0 spiro atoms. The molecule has 0 aliphatic heterocycles. The maximum absolute atomic E-state index is 2.37. The SMILES string of the molecule is CCC1CC(CN(C)C)C2CC1C2. The van der Waals surface area contributed by atoms with E-state index in [1.807, 2.05) is 0 Å². The van der Waals surface area contributed by atoms with Gasteiger partial charge in [-0.3, -0.25) is 0 Å². The quantitative estimate of drug-likeness (QED) is 0.647. The van der Waals surface area contributed by atoms with E-state index in [2.05, 4.69) is 25.9 Å². The average Bonchev–Trinajstić information content (AvgIpc) is 2.00. The van der Waals surface area contributed by atoms with Crippen molar-refractivity contribution in [3.05, 3.63) is 0 Å². The molecule has 2 atom stereocenters. The molecule has 3 saturated carbocycles. The van der Waals surface area contributed by atoms with E-state index in [1.165, 1.54) is 19.4 Å². The van der Waals surface area contributed by atoms with E-state index < -0.39 is 0 Å². The highest BCUT2D eigenvalue weighted by atomic mass is 15.1. The predicted octanol–water partition coefficient (Wildman–Crippen LogP) is 2.62. The minimum absolute atomic E-state index is 1.02. The Labute approximate surface area is 82.5 Å². The molecular formula is C12H23N. The normalized spacial score (nSPS) is 43.4. The molecule has 3 aliphatic carbocycles. The van der Waals surface area contributed by atoms with Crippen molar-refractivity contribution in [3.63, 3.8) is 0 Å². The Morgan fingerprint density at radius 3 is 2.15 bits per heavy atom. The van der Waals surface area contributed by atoms with Crippen LogP contribution >= 0.6 is 0 Å². The van der Waals surface area contributed by atoms with E-state index in [1.54, 1.807) is 12.8 Å². The molecule has 0 amide bonds. The molecule has 1 nitrogen and oxygen atoms in total. The van der Waals surface area contributed by atoms with E-state index in [9.17, 15) is 0 Å². The van der Waals surface area contributed by atoms with Crippen molar-refractivity contribution >= 4 is 0 Å². The van der Waals surface area contributed by atoms with Gasteiger partial charge in [0.25, 0.3) is 0 Å². The summed E-state index contributed by atoms with van der Waals surface area (Å²) in [5.41, 5.74) is 0. The van der Waals surface area contributed by atoms with Crippen LogP contribution in [0.2, 0.25) is 0 Å². The fourth-order valence-corrected chi connectivity index (χ4v) is 3.44. The van der Waals surface area contributed by atoms with Crippen molar-refractivity contribution in [1.82, 2.24) is 4.90 Å². The van der Waals surface area contributed by atoms with Crippen molar-refractivity contribution in [2.75, 3.05) is 20.6 Å². The fourth-order valence-electron chi connectivity index (χ4n) is 3.44. The van der Waals surface area contributed by atoms with Gasteiger partial charge >= 0.3 is 0 Å². The number of hydrogen-bond donors (Lipinski definition) is 0. The zero-order chi connectivity index (χ0) is 9.42. The largest absolute Gasteiger partial charge is 0.309 e. The van der Waals surface area contributed by atoms with Gasteiger partial charge in [-0.25, -0.2) is 0 Å². The summed E-state index contributed by atoms with van der Waals surface area (Å²) in [5.74, 6) is 4.29. The molecule has 3 fully saturated rings. The van der Waals surface area contributed by atoms with Crippen LogP contribution in [0.4, 0.5) is 0 Å². The lowest BCUT2D eigenvalue weighted by atomic mass is 9.55. The maximum Gasteiger partial charge on any atom is 0.000631 e. The van der Waals surface area contributed by atoms with Crippen LogP contribution in [0, 0.1) is 23.7 Å². The molecule has 0 radical (unpaired) electrons. The molecule has 2 unspecified atom stereocenters.